The van der Waals surface area contributed by atoms with Gasteiger partial charge in [0.2, 0.25) is 5.88 Å². The number of anilines is 1. The summed E-state index contributed by atoms with van der Waals surface area (Å²) >= 11 is 6.81. The van der Waals surface area contributed by atoms with Crippen LogP contribution in [0.15, 0.2) is 12.3 Å². The highest BCUT2D eigenvalue weighted by molar-refractivity contribution is 6.35. The number of aromatic amines is 1. The molecule has 3 fully saturated rings. The Morgan fingerprint density at radius 2 is 2.11 bits per heavy atom. The second kappa shape index (κ2) is 11.5. The van der Waals surface area contributed by atoms with Gasteiger partial charge < -0.3 is 29.1 Å². The average molecular weight is 643 g/mol. The Labute approximate surface area is 270 Å². The fourth-order valence-corrected chi connectivity index (χ4v) is 7.68. The van der Waals surface area contributed by atoms with E-state index in [1.165, 1.54) is 7.11 Å². The molecule has 3 atom stereocenters. The summed E-state index contributed by atoms with van der Waals surface area (Å²) in [6.07, 6.45) is 5.55. The smallest absolute Gasteiger partial charge is 0.319 e. The van der Waals surface area contributed by atoms with Crippen molar-refractivity contribution >= 4 is 39.2 Å². The highest BCUT2D eigenvalue weighted by Gasteiger charge is 2.47. The van der Waals surface area contributed by atoms with Crippen LogP contribution in [-0.2, 0) is 4.74 Å². The minimum atomic E-state index is -2.21. The van der Waals surface area contributed by atoms with E-state index in [0.717, 1.165) is 32.1 Å². The lowest BCUT2D eigenvalue weighted by Crippen LogP contribution is -2.50. The number of likely N-dealkylation sites (tertiary alicyclic amines) is 1. The van der Waals surface area contributed by atoms with Crippen molar-refractivity contribution in [2.45, 2.75) is 57.6 Å². The highest BCUT2D eigenvalue weighted by Crippen LogP contribution is 2.48. The first kappa shape index (κ1) is 26.9. The molecule has 3 aliphatic rings. The number of H-pyrrole nitrogens is 1. The third-order valence-electron chi connectivity index (χ3n) is 9.55. The zero-order valence-corrected chi connectivity index (χ0v) is 26.4. The SMILES string of the molecule is [2H]C([2H])([2H])N1CCC[C@@]2(COc3nc(N4CCOC[C@@](C)(O)C4)c4c(OC)nc(-c5c(Cl)c(C)cc6[nH]ncc56)c(F)c4n3)CCC[C@@H]12. The molecule has 13 heteroatoms. The van der Waals surface area contributed by atoms with Crippen LogP contribution in [0.5, 0.6) is 11.9 Å². The van der Waals surface area contributed by atoms with E-state index in [2.05, 4.69) is 20.2 Å². The average Bonchev–Trinajstić information content (AvgIpc) is 3.64. The van der Waals surface area contributed by atoms with Crippen molar-refractivity contribution < 1.29 is 27.8 Å². The van der Waals surface area contributed by atoms with Gasteiger partial charge in [-0.15, -0.1) is 0 Å². The molecule has 240 valence electrons. The number of nitrogens with zero attached hydrogens (tertiary/aromatic N) is 6. The molecule has 2 aliphatic heterocycles. The molecule has 7 rings (SSSR count). The molecular formula is C32H39ClFN7O4. The minimum Gasteiger partial charge on any atom is -0.480 e. The number of aryl methyl sites for hydroxylation is 1. The van der Waals surface area contributed by atoms with E-state index in [9.17, 15) is 5.11 Å². The number of ether oxygens (including phenoxy) is 3. The van der Waals surface area contributed by atoms with Gasteiger partial charge in [0.1, 0.15) is 28.0 Å². The Hall–Kier alpha value is -3.32. The first-order chi connectivity index (χ1) is 22.8. The quantitative estimate of drug-likeness (QED) is 0.300. The molecule has 11 nitrogen and oxygen atoms in total. The van der Waals surface area contributed by atoms with Gasteiger partial charge in [0.15, 0.2) is 5.82 Å². The molecule has 3 aromatic heterocycles. The van der Waals surface area contributed by atoms with Crippen LogP contribution in [0.3, 0.4) is 0 Å². The summed E-state index contributed by atoms with van der Waals surface area (Å²) in [6, 6.07) is 1.58. The second-order valence-electron chi connectivity index (χ2n) is 12.9. The van der Waals surface area contributed by atoms with E-state index >= 15 is 4.39 Å². The summed E-state index contributed by atoms with van der Waals surface area (Å²) in [5.41, 5.74) is -0.103. The number of β-amino-alcohol motifs (C(OH)–C–C–N with tert-alkyl or cyclic N) is 1. The lowest BCUT2D eigenvalue weighted by Gasteiger charge is -2.44. The number of piperidine rings is 1. The Morgan fingerprint density at radius 1 is 1.27 bits per heavy atom. The maximum absolute atomic E-state index is 17.1. The van der Waals surface area contributed by atoms with Crippen molar-refractivity contribution in [2.75, 3.05) is 58.4 Å². The first-order valence-corrected chi connectivity index (χ1v) is 15.7. The van der Waals surface area contributed by atoms with Crippen LogP contribution < -0.4 is 14.4 Å². The van der Waals surface area contributed by atoms with Crippen molar-refractivity contribution in [1.29, 1.82) is 0 Å². The van der Waals surface area contributed by atoms with Gasteiger partial charge >= 0.3 is 6.01 Å². The zero-order valence-electron chi connectivity index (χ0n) is 28.6. The highest BCUT2D eigenvalue weighted by atomic mass is 35.5. The van der Waals surface area contributed by atoms with Gasteiger partial charge in [0.25, 0.3) is 0 Å². The van der Waals surface area contributed by atoms with Crippen molar-refractivity contribution in [3.8, 4) is 23.1 Å². The molecule has 2 N–H and O–H groups in total. The fourth-order valence-electron chi connectivity index (χ4n) is 7.43. The molecule has 2 saturated heterocycles. The molecule has 4 aromatic rings. The normalized spacial score (nSPS) is 27.2. The van der Waals surface area contributed by atoms with E-state index in [4.69, 9.17) is 34.9 Å². The third kappa shape index (κ3) is 5.25. The van der Waals surface area contributed by atoms with E-state index in [1.54, 1.807) is 22.9 Å². The van der Waals surface area contributed by atoms with Crippen LogP contribution in [-0.4, -0.2) is 100 Å². The van der Waals surface area contributed by atoms with Crippen LogP contribution >= 0.6 is 11.6 Å². The summed E-state index contributed by atoms with van der Waals surface area (Å²) in [4.78, 5) is 17.5. The molecule has 1 aromatic carbocycles. The maximum atomic E-state index is 17.1. The predicted octanol–water partition coefficient (Wildman–Crippen LogP) is 4.91. The number of halogens is 2. The van der Waals surface area contributed by atoms with Gasteiger partial charge in [-0.1, -0.05) is 18.0 Å². The Balaban J connectivity index is 1.39. The maximum Gasteiger partial charge on any atom is 0.319 e. The molecule has 0 unspecified atom stereocenters. The van der Waals surface area contributed by atoms with Gasteiger partial charge in [-0.2, -0.15) is 15.1 Å². The largest absolute Gasteiger partial charge is 0.480 e. The molecule has 0 spiro atoms. The van der Waals surface area contributed by atoms with Gasteiger partial charge in [-0.25, -0.2) is 9.37 Å². The van der Waals surface area contributed by atoms with E-state index in [-0.39, 0.29) is 60.1 Å². The number of nitrogens with one attached hydrogen (secondary N) is 1. The van der Waals surface area contributed by atoms with Crippen LogP contribution in [0.4, 0.5) is 10.2 Å². The Kier molecular flexibility index (Phi) is 6.85. The number of benzene rings is 1. The third-order valence-corrected chi connectivity index (χ3v) is 10.0. The molecule has 0 bridgehead atoms. The van der Waals surface area contributed by atoms with Crippen molar-refractivity contribution in [3.05, 3.63) is 28.7 Å². The number of fused-ring (bicyclic) bond motifs is 3. The lowest BCUT2D eigenvalue weighted by atomic mass is 9.76. The topological polar surface area (TPSA) is 122 Å². The number of aliphatic hydroxyl groups is 1. The minimum absolute atomic E-state index is 0.0667. The monoisotopic (exact) mass is 642 g/mol. The fraction of sp³-hybridized carbons (Fsp3) is 0.562. The number of pyridine rings is 1. The standard InChI is InChI=1S/C32H39ClFN7O4/c1-18-13-20-19(14-35-39-20)22(24(18)33)26-25(34)27-23(29(36-26)43-4)28(41-11-12-44-16-31(2,42)15-41)38-30(37-27)45-17-32-8-5-7-21(32)40(3)10-6-9-32/h13-14,21,42H,5-12,15-17H2,1-4H3,(H,35,39)/t21-,31+,32-/m1/s1/i3D3. The molecule has 45 heavy (non-hydrogen) atoms. The molecule has 0 amide bonds. The van der Waals surface area contributed by atoms with Gasteiger partial charge in [0.05, 0.1) is 50.2 Å². The molecule has 1 aliphatic carbocycles. The number of hydrogen-bond donors (Lipinski definition) is 2. The first-order valence-electron chi connectivity index (χ1n) is 16.8. The summed E-state index contributed by atoms with van der Waals surface area (Å²) in [6.45, 7) is 2.82. The predicted molar refractivity (Wildman–Crippen MR) is 170 cm³/mol. The van der Waals surface area contributed by atoms with Gasteiger partial charge in [-0.05, 0) is 64.7 Å². The lowest BCUT2D eigenvalue weighted by molar-refractivity contribution is -0.0123. The van der Waals surface area contributed by atoms with Gasteiger partial charge in [0, 0.05) is 33.1 Å². The van der Waals surface area contributed by atoms with Gasteiger partial charge in [-0.3, -0.25) is 5.10 Å². The van der Waals surface area contributed by atoms with Crippen molar-refractivity contribution in [2.24, 2.45) is 5.41 Å². The van der Waals surface area contributed by atoms with Crippen LogP contribution in [0, 0.1) is 18.2 Å². The summed E-state index contributed by atoms with van der Waals surface area (Å²) < 4.78 is 59.3. The van der Waals surface area contributed by atoms with Crippen LogP contribution in [0.1, 0.15) is 48.7 Å². The number of hydrogen-bond acceptors (Lipinski definition) is 10. The van der Waals surface area contributed by atoms with E-state index in [1.807, 2.05) is 13.0 Å². The van der Waals surface area contributed by atoms with E-state index in [0.29, 0.717) is 46.7 Å². The van der Waals surface area contributed by atoms with Crippen LogP contribution in [0.2, 0.25) is 5.02 Å². The summed E-state index contributed by atoms with van der Waals surface area (Å²) in [7, 11) is 1.43. The van der Waals surface area contributed by atoms with Crippen molar-refractivity contribution in [1.82, 2.24) is 30.0 Å². The molecule has 1 saturated carbocycles. The van der Waals surface area contributed by atoms with Crippen molar-refractivity contribution in [3.63, 3.8) is 0 Å². The summed E-state index contributed by atoms with van der Waals surface area (Å²) in [5.74, 6) is -0.417. The summed E-state index contributed by atoms with van der Waals surface area (Å²) in [5, 5.41) is 19.2. The molecule has 0 radical (unpaired) electrons. The Morgan fingerprint density at radius 3 is 2.93 bits per heavy atom. The van der Waals surface area contributed by atoms with Crippen LogP contribution in [0.25, 0.3) is 33.1 Å². The zero-order chi connectivity index (χ0) is 34.0. The number of methoxy groups -OCH3 is 1. The van der Waals surface area contributed by atoms with E-state index < -0.39 is 23.8 Å². The number of rotatable bonds is 6. The number of aromatic nitrogens is 5. The second-order valence-corrected chi connectivity index (χ2v) is 13.3. The molecule has 5 heterocycles. The molecular weight excluding hydrogens is 601 g/mol. The Bertz CT molecular complexity index is 1880.